The minimum Gasteiger partial charge on any atom is -0.444 e. The number of carbonyl (C=O) groups is 2. The van der Waals surface area contributed by atoms with Crippen molar-refractivity contribution in [3.63, 3.8) is 0 Å². The van der Waals surface area contributed by atoms with Gasteiger partial charge in [0.15, 0.2) is 5.79 Å². The molecule has 0 radical (unpaired) electrons. The van der Waals surface area contributed by atoms with Gasteiger partial charge < -0.3 is 14.2 Å². The Balaban J connectivity index is 1.58. The summed E-state index contributed by atoms with van der Waals surface area (Å²) in [5.41, 5.74) is 0.886. The number of hydrogen-bond acceptors (Lipinski definition) is 5. The third-order valence-corrected chi connectivity index (χ3v) is 3.98. The lowest BCUT2D eigenvalue weighted by molar-refractivity contribution is -0.164. The molecule has 2 aliphatic heterocycles. The first-order valence-electron chi connectivity index (χ1n) is 7.47. The molecule has 22 heavy (non-hydrogen) atoms. The van der Waals surface area contributed by atoms with Crippen LogP contribution in [0.3, 0.4) is 0 Å². The molecule has 3 rings (SSSR count). The first-order chi connectivity index (χ1) is 10.7. The number of nitrogens with zero attached hydrogens (tertiary/aromatic N) is 1. The lowest BCUT2D eigenvalue weighted by Gasteiger charge is -2.25. The molecule has 118 valence electrons. The van der Waals surface area contributed by atoms with Gasteiger partial charge in [0.25, 0.3) is 0 Å². The Kier molecular flexibility index (Phi) is 4.40. The van der Waals surface area contributed by atoms with Crippen LogP contribution in [0.1, 0.15) is 24.8 Å². The molecule has 1 spiro atoms. The molecule has 2 heterocycles. The maximum absolute atomic E-state index is 12.1. The van der Waals surface area contributed by atoms with Gasteiger partial charge in [-0.1, -0.05) is 30.3 Å². The molecule has 2 amide bonds. The zero-order chi connectivity index (χ0) is 15.4. The van der Waals surface area contributed by atoms with Crippen molar-refractivity contribution < 1.29 is 23.8 Å². The second-order valence-corrected chi connectivity index (χ2v) is 5.44. The van der Waals surface area contributed by atoms with Crippen molar-refractivity contribution in [3.8, 4) is 0 Å². The number of amides is 2. The summed E-state index contributed by atoms with van der Waals surface area (Å²) in [5, 5.41) is 0. The van der Waals surface area contributed by atoms with Crippen LogP contribution in [-0.2, 0) is 25.6 Å². The topological polar surface area (TPSA) is 65.1 Å². The number of carbonyl (C=O) groups excluding carboxylic acids is 2. The molecule has 6 heteroatoms. The molecular weight excluding hydrogens is 286 g/mol. The van der Waals surface area contributed by atoms with Crippen molar-refractivity contribution in [3.05, 3.63) is 35.9 Å². The van der Waals surface area contributed by atoms with E-state index in [1.165, 1.54) is 0 Å². The van der Waals surface area contributed by atoms with E-state index in [1.807, 2.05) is 30.3 Å². The molecule has 0 bridgehead atoms. The number of hydrogen-bond donors (Lipinski definition) is 0. The number of benzene rings is 1. The monoisotopic (exact) mass is 305 g/mol. The fourth-order valence-corrected chi connectivity index (χ4v) is 2.74. The van der Waals surface area contributed by atoms with E-state index in [1.54, 1.807) is 0 Å². The molecule has 0 saturated carbocycles. The van der Waals surface area contributed by atoms with Gasteiger partial charge in [-0.25, -0.2) is 9.69 Å². The number of rotatable bonds is 2. The van der Waals surface area contributed by atoms with E-state index in [0.29, 0.717) is 26.1 Å². The summed E-state index contributed by atoms with van der Waals surface area (Å²) in [6.45, 7) is 1.48. The van der Waals surface area contributed by atoms with E-state index in [4.69, 9.17) is 14.2 Å². The van der Waals surface area contributed by atoms with E-state index in [9.17, 15) is 9.59 Å². The molecule has 6 nitrogen and oxygen atoms in total. The second-order valence-electron chi connectivity index (χ2n) is 5.44. The smallest absolute Gasteiger partial charge is 0.416 e. The highest BCUT2D eigenvalue weighted by Crippen LogP contribution is 2.31. The van der Waals surface area contributed by atoms with Crippen LogP contribution < -0.4 is 0 Å². The van der Waals surface area contributed by atoms with Crippen LogP contribution in [0.5, 0.6) is 0 Å². The van der Waals surface area contributed by atoms with Crippen LogP contribution in [0.15, 0.2) is 30.3 Å². The van der Waals surface area contributed by atoms with Gasteiger partial charge in [-0.05, 0) is 5.56 Å². The van der Waals surface area contributed by atoms with E-state index >= 15 is 0 Å². The molecule has 0 N–H and O–H groups in total. The molecule has 0 aromatic heterocycles. The van der Waals surface area contributed by atoms with Gasteiger partial charge in [-0.15, -0.1) is 0 Å². The Morgan fingerprint density at radius 3 is 2.64 bits per heavy atom. The standard InChI is InChI=1S/C16H19NO5/c18-14-6-7-16(21-10-11-22-16)8-9-17(14)15(19)20-12-13-4-2-1-3-5-13/h1-5H,6-12H2. The van der Waals surface area contributed by atoms with Crippen LogP contribution in [-0.4, -0.2) is 42.4 Å². The number of imide groups is 1. The van der Waals surface area contributed by atoms with Crippen molar-refractivity contribution >= 4 is 12.0 Å². The van der Waals surface area contributed by atoms with Crippen molar-refractivity contribution in [1.82, 2.24) is 4.90 Å². The molecule has 2 saturated heterocycles. The molecule has 1 aromatic rings. The predicted octanol–water partition coefficient (Wildman–Crippen LogP) is 2.08. The summed E-state index contributed by atoms with van der Waals surface area (Å²) >= 11 is 0. The lowest BCUT2D eigenvalue weighted by Crippen LogP contribution is -2.38. The Labute approximate surface area is 128 Å². The Bertz CT molecular complexity index is 539. The quantitative estimate of drug-likeness (QED) is 0.837. The predicted molar refractivity (Wildman–Crippen MR) is 76.8 cm³/mol. The van der Waals surface area contributed by atoms with Crippen LogP contribution in [0.25, 0.3) is 0 Å². The van der Waals surface area contributed by atoms with Crippen LogP contribution in [0.2, 0.25) is 0 Å². The Morgan fingerprint density at radius 1 is 1.18 bits per heavy atom. The number of likely N-dealkylation sites (tertiary alicyclic amines) is 1. The summed E-state index contributed by atoms with van der Waals surface area (Å²) in [6.07, 6.45) is 0.581. The zero-order valence-corrected chi connectivity index (χ0v) is 12.3. The first kappa shape index (κ1) is 15.0. The van der Waals surface area contributed by atoms with Crippen molar-refractivity contribution in [2.45, 2.75) is 31.7 Å². The van der Waals surface area contributed by atoms with E-state index in [2.05, 4.69) is 0 Å². The minimum absolute atomic E-state index is 0.154. The van der Waals surface area contributed by atoms with Crippen LogP contribution in [0, 0.1) is 0 Å². The average Bonchev–Trinajstić information content (AvgIpc) is 2.94. The summed E-state index contributed by atoms with van der Waals surface area (Å²) in [5.74, 6) is -0.946. The van der Waals surface area contributed by atoms with E-state index < -0.39 is 11.9 Å². The largest absolute Gasteiger partial charge is 0.444 e. The van der Waals surface area contributed by atoms with Gasteiger partial charge in [0.1, 0.15) is 6.61 Å². The summed E-state index contributed by atoms with van der Waals surface area (Å²) in [6, 6.07) is 9.38. The molecule has 0 unspecified atom stereocenters. The van der Waals surface area contributed by atoms with Gasteiger partial charge in [0.2, 0.25) is 5.91 Å². The molecule has 1 aromatic carbocycles. The highest BCUT2D eigenvalue weighted by molar-refractivity contribution is 5.92. The fourth-order valence-electron chi connectivity index (χ4n) is 2.74. The maximum Gasteiger partial charge on any atom is 0.416 e. The third-order valence-electron chi connectivity index (χ3n) is 3.98. The number of ether oxygens (including phenoxy) is 3. The fraction of sp³-hybridized carbons (Fsp3) is 0.500. The van der Waals surface area contributed by atoms with E-state index in [-0.39, 0.29) is 25.5 Å². The summed E-state index contributed by atoms with van der Waals surface area (Å²) < 4.78 is 16.5. The highest BCUT2D eigenvalue weighted by atomic mass is 16.7. The molecule has 0 aliphatic carbocycles. The Morgan fingerprint density at radius 2 is 1.91 bits per heavy atom. The summed E-state index contributed by atoms with van der Waals surface area (Å²) in [7, 11) is 0. The minimum atomic E-state index is -0.704. The van der Waals surface area contributed by atoms with Crippen molar-refractivity contribution in [2.75, 3.05) is 19.8 Å². The van der Waals surface area contributed by atoms with Crippen LogP contribution >= 0.6 is 0 Å². The van der Waals surface area contributed by atoms with Gasteiger partial charge in [-0.3, -0.25) is 4.79 Å². The van der Waals surface area contributed by atoms with Gasteiger partial charge in [0, 0.05) is 25.8 Å². The molecule has 0 atom stereocenters. The highest BCUT2D eigenvalue weighted by Gasteiger charge is 2.41. The maximum atomic E-state index is 12.1. The lowest BCUT2D eigenvalue weighted by atomic mass is 10.1. The normalized spacial score (nSPS) is 20.9. The van der Waals surface area contributed by atoms with Crippen molar-refractivity contribution in [2.24, 2.45) is 0 Å². The average molecular weight is 305 g/mol. The van der Waals surface area contributed by atoms with Gasteiger partial charge in [-0.2, -0.15) is 0 Å². The third kappa shape index (κ3) is 3.28. The summed E-state index contributed by atoms with van der Waals surface area (Å²) in [4.78, 5) is 25.4. The molecule has 2 aliphatic rings. The second kappa shape index (κ2) is 6.46. The molecular formula is C16H19NO5. The molecule has 2 fully saturated rings. The van der Waals surface area contributed by atoms with Crippen LogP contribution in [0.4, 0.5) is 4.79 Å². The SMILES string of the molecule is O=C1CCC2(CCN1C(=O)OCc1ccccc1)OCCO2. The van der Waals surface area contributed by atoms with Gasteiger partial charge in [0.05, 0.1) is 13.2 Å². The first-order valence-corrected chi connectivity index (χ1v) is 7.47. The van der Waals surface area contributed by atoms with Gasteiger partial charge >= 0.3 is 6.09 Å². The van der Waals surface area contributed by atoms with E-state index in [0.717, 1.165) is 10.5 Å². The zero-order valence-electron chi connectivity index (χ0n) is 12.3. The van der Waals surface area contributed by atoms with Crippen molar-refractivity contribution in [1.29, 1.82) is 0 Å². The Hall–Kier alpha value is -1.92.